The van der Waals surface area contributed by atoms with Gasteiger partial charge in [0, 0.05) is 6.42 Å². The van der Waals surface area contributed by atoms with Gasteiger partial charge in [-0.05, 0) is 23.3 Å². The van der Waals surface area contributed by atoms with Gasteiger partial charge in [0.1, 0.15) is 0 Å². The quantitative estimate of drug-likeness (QED) is 0.923. The zero-order chi connectivity index (χ0) is 15.5. The number of sulfone groups is 1. The van der Waals surface area contributed by atoms with Crippen molar-refractivity contribution in [3.05, 3.63) is 65.7 Å². The molecular formula is C15H14F2O3S. The van der Waals surface area contributed by atoms with Gasteiger partial charge in [-0.3, -0.25) is 0 Å². The number of hydrogen-bond donors (Lipinski definition) is 1. The minimum Gasteiger partial charge on any atom is -0.388 e. The van der Waals surface area contributed by atoms with Crippen molar-refractivity contribution in [2.45, 2.75) is 23.2 Å². The van der Waals surface area contributed by atoms with Crippen LogP contribution in [0.3, 0.4) is 0 Å². The lowest BCUT2D eigenvalue weighted by atomic mass is 10.0. The molecule has 0 spiro atoms. The monoisotopic (exact) mass is 312 g/mol. The minimum absolute atomic E-state index is 0.277. The maximum Gasteiger partial charge on any atom is 0.341 e. The van der Waals surface area contributed by atoms with E-state index in [4.69, 9.17) is 0 Å². The van der Waals surface area contributed by atoms with E-state index in [-0.39, 0.29) is 6.42 Å². The van der Waals surface area contributed by atoms with Crippen molar-refractivity contribution < 1.29 is 22.3 Å². The van der Waals surface area contributed by atoms with Crippen molar-refractivity contribution in [3.8, 4) is 0 Å². The third-order valence-corrected chi connectivity index (χ3v) is 4.50. The van der Waals surface area contributed by atoms with E-state index in [1.54, 1.807) is 24.3 Å². The summed E-state index contributed by atoms with van der Waals surface area (Å²) in [4.78, 5) is -0.421. The fourth-order valence-electron chi connectivity index (χ4n) is 1.93. The van der Waals surface area contributed by atoms with E-state index in [1.807, 2.05) is 6.07 Å². The number of alkyl halides is 2. The first-order valence-electron chi connectivity index (χ1n) is 6.25. The standard InChI is InChI=1S/C15H14F2O3S/c16-15(17)21(19,20)13-8-6-11(7-9-13)10-14(18)12-4-2-1-3-5-12/h1-9,14-15,18H,10H2. The number of rotatable bonds is 5. The van der Waals surface area contributed by atoms with E-state index >= 15 is 0 Å². The van der Waals surface area contributed by atoms with Crippen molar-refractivity contribution in [2.75, 3.05) is 0 Å². The molecular weight excluding hydrogens is 298 g/mol. The van der Waals surface area contributed by atoms with Crippen LogP contribution in [0.5, 0.6) is 0 Å². The highest BCUT2D eigenvalue weighted by Crippen LogP contribution is 2.22. The van der Waals surface area contributed by atoms with Crippen molar-refractivity contribution >= 4 is 9.84 Å². The van der Waals surface area contributed by atoms with Crippen LogP contribution in [-0.4, -0.2) is 19.3 Å². The van der Waals surface area contributed by atoms with Gasteiger partial charge in [-0.15, -0.1) is 0 Å². The average molecular weight is 312 g/mol. The number of halogens is 2. The van der Waals surface area contributed by atoms with E-state index in [0.29, 0.717) is 5.56 Å². The van der Waals surface area contributed by atoms with Gasteiger partial charge in [-0.2, -0.15) is 8.78 Å². The molecule has 0 radical (unpaired) electrons. The predicted octanol–water partition coefficient (Wildman–Crippen LogP) is 2.96. The summed E-state index contributed by atoms with van der Waals surface area (Å²) in [5.74, 6) is -3.43. The van der Waals surface area contributed by atoms with Crippen LogP contribution in [0, 0.1) is 0 Å². The first-order valence-corrected chi connectivity index (χ1v) is 7.80. The SMILES string of the molecule is O=S(=O)(c1ccc(CC(O)c2ccccc2)cc1)C(F)F. The minimum atomic E-state index is -4.57. The van der Waals surface area contributed by atoms with Crippen LogP contribution in [0.2, 0.25) is 0 Å². The topological polar surface area (TPSA) is 54.4 Å². The van der Waals surface area contributed by atoms with Crippen LogP contribution in [0.4, 0.5) is 8.78 Å². The van der Waals surface area contributed by atoms with Gasteiger partial charge >= 0.3 is 5.76 Å². The molecule has 0 saturated carbocycles. The van der Waals surface area contributed by atoms with Crippen LogP contribution in [0.1, 0.15) is 17.2 Å². The Morgan fingerprint density at radius 2 is 1.52 bits per heavy atom. The summed E-state index contributed by atoms with van der Waals surface area (Å²) in [6.45, 7) is 0. The highest BCUT2D eigenvalue weighted by Gasteiger charge is 2.26. The molecule has 112 valence electrons. The van der Waals surface area contributed by atoms with Gasteiger partial charge in [-0.25, -0.2) is 8.42 Å². The number of aliphatic hydroxyl groups is 1. The second kappa shape index (κ2) is 6.32. The summed E-state index contributed by atoms with van der Waals surface area (Å²) in [6, 6.07) is 14.1. The molecule has 0 amide bonds. The Bertz CT molecular complexity index is 683. The van der Waals surface area contributed by atoms with Crippen LogP contribution in [0.25, 0.3) is 0 Å². The molecule has 0 aliphatic rings. The van der Waals surface area contributed by atoms with Crippen LogP contribution in [0.15, 0.2) is 59.5 Å². The Morgan fingerprint density at radius 3 is 2.05 bits per heavy atom. The van der Waals surface area contributed by atoms with Gasteiger partial charge in [0.2, 0.25) is 9.84 Å². The van der Waals surface area contributed by atoms with Crippen molar-refractivity contribution in [1.82, 2.24) is 0 Å². The third kappa shape index (κ3) is 3.65. The smallest absolute Gasteiger partial charge is 0.341 e. The third-order valence-electron chi connectivity index (χ3n) is 3.10. The van der Waals surface area contributed by atoms with Gasteiger partial charge < -0.3 is 5.11 Å². The Morgan fingerprint density at radius 1 is 0.952 bits per heavy atom. The lowest BCUT2D eigenvalue weighted by molar-refractivity contribution is 0.178. The Hall–Kier alpha value is -1.79. The highest BCUT2D eigenvalue weighted by molar-refractivity contribution is 7.91. The summed E-state index contributed by atoms with van der Waals surface area (Å²) in [5, 5.41) is 10.1. The predicted molar refractivity (Wildman–Crippen MR) is 74.7 cm³/mol. The second-order valence-electron chi connectivity index (χ2n) is 4.58. The van der Waals surface area contributed by atoms with Crippen molar-refractivity contribution in [1.29, 1.82) is 0 Å². The van der Waals surface area contributed by atoms with Crippen molar-refractivity contribution in [3.63, 3.8) is 0 Å². The lowest BCUT2D eigenvalue weighted by Gasteiger charge is -2.11. The second-order valence-corrected chi connectivity index (χ2v) is 6.50. The Balaban J connectivity index is 2.14. The summed E-state index contributed by atoms with van der Waals surface area (Å²) >= 11 is 0. The van der Waals surface area contributed by atoms with E-state index < -0.39 is 26.6 Å². The fraction of sp³-hybridized carbons (Fsp3) is 0.200. The van der Waals surface area contributed by atoms with E-state index in [2.05, 4.69) is 0 Å². The summed E-state index contributed by atoms with van der Waals surface area (Å²) < 4.78 is 47.4. The Kier molecular flexibility index (Phi) is 4.69. The first kappa shape index (κ1) is 15.6. The molecule has 0 heterocycles. The summed E-state index contributed by atoms with van der Waals surface area (Å²) in [5.41, 5.74) is 1.40. The zero-order valence-corrected chi connectivity index (χ0v) is 11.8. The molecule has 2 rings (SSSR count). The van der Waals surface area contributed by atoms with Crippen LogP contribution < -0.4 is 0 Å². The highest BCUT2D eigenvalue weighted by atomic mass is 32.2. The first-order chi connectivity index (χ1) is 9.91. The van der Waals surface area contributed by atoms with Crippen LogP contribution in [-0.2, 0) is 16.3 Å². The number of benzene rings is 2. The van der Waals surface area contributed by atoms with E-state index in [1.165, 1.54) is 12.1 Å². The maximum atomic E-state index is 12.4. The summed E-state index contributed by atoms with van der Waals surface area (Å²) in [7, 11) is -4.57. The molecule has 6 heteroatoms. The average Bonchev–Trinajstić information content (AvgIpc) is 2.48. The van der Waals surface area contributed by atoms with E-state index in [9.17, 15) is 22.3 Å². The summed E-state index contributed by atoms with van der Waals surface area (Å²) in [6.07, 6.45) is -0.456. The molecule has 1 N–H and O–H groups in total. The van der Waals surface area contributed by atoms with Gasteiger partial charge in [0.05, 0.1) is 11.0 Å². The van der Waals surface area contributed by atoms with Gasteiger partial charge in [0.15, 0.2) is 0 Å². The number of aliphatic hydroxyl groups excluding tert-OH is 1. The molecule has 3 nitrogen and oxygen atoms in total. The van der Waals surface area contributed by atoms with Crippen LogP contribution >= 0.6 is 0 Å². The molecule has 21 heavy (non-hydrogen) atoms. The molecule has 1 unspecified atom stereocenters. The zero-order valence-electron chi connectivity index (χ0n) is 11.0. The molecule has 0 fully saturated rings. The lowest BCUT2D eigenvalue weighted by Crippen LogP contribution is -2.11. The molecule has 2 aromatic carbocycles. The molecule has 0 bridgehead atoms. The number of hydrogen-bond acceptors (Lipinski definition) is 3. The maximum absolute atomic E-state index is 12.4. The fourth-order valence-corrected chi connectivity index (χ4v) is 2.66. The van der Waals surface area contributed by atoms with Gasteiger partial charge in [0.25, 0.3) is 0 Å². The molecule has 0 aromatic heterocycles. The molecule has 0 saturated heterocycles. The molecule has 0 aliphatic heterocycles. The Labute approximate surface area is 121 Å². The molecule has 1 atom stereocenters. The largest absolute Gasteiger partial charge is 0.388 e. The van der Waals surface area contributed by atoms with Gasteiger partial charge in [-0.1, -0.05) is 42.5 Å². The molecule has 0 aliphatic carbocycles. The normalized spacial score (nSPS) is 13.3. The molecule has 2 aromatic rings. The van der Waals surface area contributed by atoms with E-state index in [0.717, 1.165) is 17.7 Å². The van der Waals surface area contributed by atoms with Crippen molar-refractivity contribution in [2.24, 2.45) is 0 Å².